The molecule has 3 fully saturated rings. The zero-order valence-electron chi connectivity index (χ0n) is 43.0. The van der Waals surface area contributed by atoms with Crippen LogP contribution in [0.15, 0.2) is 11.6 Å². The van der Waals surface area contributed by atoms with Crippen LogP contribution in [-0.4, -0.2) is 70.4 Å². The first kappa shape index (κ1) is 52.8. The van der Waals surface area contributed by atoms with Gasteiger partial charge in [-0.1, -0.05) is 66.0 Å². The van der Waals surface area contributed by atoms with E-state index in [9.17, 15) is 19.2 Å². The average molecular weight is 884 g/mol. The molecule has 4 rings (SSSR count). The molecule has 0 heterocycles. The Morgan fingerprint density at radius 2 is 1.33 bits per heavy atom. The van der Waals surface area contributed by atoms with Gasteiger partial charge in [0.1, 0.15) is 17.3 Å². The number of hydrogen-bond donors (Lipinski definition) is 2. The maximum Gasteiger partial charge on any atom is 0.408 e. The first-order valence-electron chi connectivity index (χ1n) is 25.2. The van der Waals surface area contributed by atoms with Gasteiger partial charge in [0.25, 0.3) is 0 Å². The van der Waals surface area contributed by atoms with Crippen molar-refractivity contribution >= 4 is 24.1 Å². The van der Waals surface area contributed by atoms with Crippen molar-refractivity contribution in [3.63, 3.8) is 0 Å². The fraction of sp³-hybridized carbons (Fsp3) is 0.887. The van der Waals surface area contributed by atoms with Crippen LogP contribution >= 0.6 is 0 Å². The van der Waals surface area contributed by atoms with Crippen molar-refractivity contribution in [2.24, 2.45) is 52.3 Å². The average Bonchev–Trinajstić information content (AvgIpc) is 3.49. The molecule has 10 heteroatoms. The van der Waals surface area contributed by atoms with E-state index >= 15 is 0 Å². The number of nitrogens with one attached hydrogen (secondary N) is 2. The van der Waals surface area contributed by atoms with E-state index in [1.54, 1.807) is 4.90 Å². The molecular formula is C53H93N3O7. The molecule has 0 radical (unpaired) electrons. The molecular weight excluding hydrogens is 791 g/mol. The summed E-state index contributed by atoms with van der Waals surface area (Å²) in [7, 11) is 0. The SMILES string of the molecule is CC[C@H](CC[C@@H](C)[C@H]1CC[C@H]2[C@@H]3CC=C4C[C@@H](OC(=O)CCC(=O)N(CCC(C)(C)NC(=O)OC(C)(C)C)CCC(C)(C)NC(=O)OC(C)(C)C)CC[C@]4(C)[C@H]3CC[C@]12C)C(C)C. The molecule has 0 bridgehead atoms. The van der Waals surface area contributed by atoms with Crippen LogP contribution in [0.2, 0.25) is 0 Å². The fourth-order valence-corrected chi connectivity index (χ4v) is 12.5. The Bertz CT molecular complexity index is 1560. The molecule has 9 atom stereocenters. The van der Waals surface area contributed by atoms with Crippen LogP contribution in [0.3, 0.4) is 0 Å². The molecule has 0 aromatic heterocycles. The van der Waals surface area contributed by atoms with E-state index in [0.29, 0.717) is 37.3 Å². The van der Waals surface area contributed by atoms with Gasteiger partial charge < -0.3 is 29.7 Å². The molecule has 10 nitrogen and oxygen atoms in total. The molecule has 2 N–H and O–H groups in total. The second kappa shape index (κ2) is 20.8. The molecule has 4 aliphatic rings. The van der Waals surface area contributed by atoms with Gasteiger partial charge in [-0.3, -0.25) is 9.59 Å². The zero-order chi connectivity index (χ0) is 47.3. The highest BCUT2D eigenvalue weighted by Gasteiger charge is 2.59. The predicted octanol–water partition coefficient (Wildman–Crippen LogP) is 12.6. The third-order valence-electron chi connectivity index (χ3n) is 16.2. The van der Waals surface area contributed by atoms with Gasteiger partial charge in [0.2, 0.25) is 5.91 Å². The van der Waals surface area contributed by atoms with Gasteiger partial charge in [0.05, 0.1) is 6.42 Å². The number of alkyl carbamates (subject to hydrolysis) is 2. The van der Waals surface area contributed by atoms with Crippen molar-refractivity contribution in [3.05, 3.63) is 11.6 Å². The van der Waals surface area contributed by atoms with Crippen molar-refractivity contribution in [2.45, 2.75) is 235 Å². The highest BCUT2D eigenvalue weighted by molar-refractivity contribution is 5.81. The van der Waals surface area contributed by atoms with E-state index in [1.807, 2.05) is 69.2 Å². The van der Waals surface area contributed by atoms with Crippen LogP contribution in [0.25, 0.3) is 0 Å². The number of amides is 3. The van der Waals surface area contributed by atoms with E-state index in [0.717, 1.165) is 61.2 Å². The first-order valence-corrected chi connectivity index (χ1v) is 25.2. The number of ether oxygens (including phenoxy) is 3. The van der Waals surface area contributed by atoms with Gasteiger partial charge in [0.15, 0.2) is 0 Å². The molecule has 0 aromatic carbocycles. The van der Waals surface area contributed by atoms with Gasteiger partial charge in [-0.25, -0.2) is 9.59 Å². The van der Waals surface area contributed by atoms with Gasteiger partial charge in [-0.05, 0) is 186 Å². The second-order valence-corrected chi connectivity index (χ2v) is 24.7. The van der Waals surface area contributed by atoms with Crippen molar-refractivity contribution in [2.75, 3.05) is 13.1 Å². The third-order valence-corrected chi connectivity index (χ3v) is 16.2. The van der Waals surface area contributed by atoms with E-state index in [4.69, 9.17) is 14.2 Å². The lowest BCUT2D eigenvalue weighted by atomic mass is 9.47. The van der Waals surface area contributed by atoms with E-state index in [2.05, 4.69) is 58.3 Å². The number of carbonyl (C=O) groups is 4. The molecule has 0 unspecified atom stereocenters. The minimum Gasteiger partial charge on any atom is -0.462 e. The highest BCUT2D eigenvalue weighted by atomic mass is 16.6. The van der Waals surface area contributed by atoms with Crippen molar-refractivity contribution in [1.82, 2.24) is 15.5 Å². The Balaban J connectivity index is 1.34. The minimum absolute atomic E-state index is 0.00235. The number of hydrogen-bond acceptors (Lipinski definition) is 7. The van der Waals surface area contributed by atoms with Crippen molar-refractivity contribution < 1.29 is 33.4 Å². The van der Waals surface area contributed by atoms with Crippen LogP contribution in [0, 0.1) is 52.3 Å². The largest absolute Gasteiger partial charge is 0.462 e. The first-order chi connectivity index (χ1) is 29.0. The Morgan fingerprint density at radius 3 is 1.86 bits per heavy atom. The maximum atomic E-state index is 13.9. The molecule has 0 aliphatic heterocycles. The number of nitrogens with zero attached hydrogens (tertiary/aromatic N) is 1. The summed E-state index contributed by atoms with van der Waals surface area (Å²) in [5.74, 6) is 4.99. The highest BCUT2D eigenvalue weighted by Crippen LogP contribution is 2.67. The van der Waals surface area contributed by atoms with Crippen LogP contribution in [0.4, 0.5) is 9.59 Å². The standard InChI is InChI=1S/C53H93N3O7/c1-17-37(35(2)3)19-18-36(4)41-22-23-42-40-21-20-38-34-39(26-28-52(38,15)43(40)27-29-53(41,42)16)61-45(58)25-24-44(57)56(32-30-50(11,12)54-46(59)62-48(5,6)7)33-31-51(13,14)55-47(60)63-49(8,9)10/h20,35-37,39-43H,17-19,21-34H2,1-16H3,(H,54,59)(H,55,60)/t36-,37-,39+,40+,41-,42+,43+,52+,53-/m1/s1. The van der Waals surface area contributed by atoms with Crippen LogP contribution in [-0.2, 0) is 23.8 Å². The quantitative estimate of drug-likeness (QED) is 0.0798. The summed E-state index contributed by atoms with van der Waals surface area (Å²) < 4.78 is 17.1. The summed E-state index contributed by atoms with van der Waals surface area (Å²) in [5.41, 5.74) is -0.523. The summed E-state index contributed by atoms with van der Waals surface area (Å²) >= 11 is 0. The molecule has 3 saturated carbocycles. The fourth-order valence-electron chi connectivity index (χ4n) is 12.5. The Morgan fingerprint density at radius 1 is 0.762 bits per heavy atom. The Labute approximate surface area is 384 Å². The Kier molecular flexibility index (Phi) is 17.5. The van der Waals surface area contributed by atoms with Gasteiger partial charge >= 0.3 is 18.2 Å². The maximum absolute atomic E-state index is 13.9. The summed E-state index contributed by atoms with van der Waals surface area (Å²) in [6.45, 7) is 34.1. The topological polar surface area (TPSA) is 123 Å². The second-order valence-electron chi connectivity index (χ2n) is 24.7. The molecule has 0 aromatic rings. The lowest BCUT2D eigenvalue weighted by molar-refractivity contribution is -0.153. The summed E-state index contributed by atoms with van der Waals surface area (Å²) in [4.78, 5) is 54.3. The molecule has 3 amide bonds. The predicted molar refractivity (Wildman–Crippen MR) is 254 cm³/mol. The lowest BCUT2D eigenvalue weighted by Crippen LogP contribution is -2.51. The van der Waals surface area contributed by atoms with Crippen LogP contribution in [0.1, 0.15) is 207 Å². The molecule has 0 spiro atoms. The Hall–Kier alpha value is -2.78. The third kappa shape index (κ3) is 14.6. The summed E-state index contributed by atoms with van der Waals surface area (Å²) in [6.07, 6.45) is 15.6. The summed E-state index contributed by atoms with van der Waals surface area (Å²) in [6, 6.07) is 0. The van der Waals surface area contributed by atoms with Crippen molar-refractivity contribution in [1.29, 1.82) is 0 Å². The number of allylic oxidation sites excluding steroid dienone is 1. The number of fused-ring (bicyclic) bond motifs is 5. The number of esters is 1. The normalized spacial score (nSPS) is 28.4. The molecule has 0 saturated heterocycles. The van der Waals surface area contributed by atoms with Gasteiger partial charge in [-0.2, -0.15) is 0 Å². The molecule has 4 aliphatic carbocycles. The van der Waals surface area contributed by atoms with Gasteiger partial charge in [-0.15, -0.1) is 0 Å². The minimum atomic E-state index is -0.672. The molecule has 362 valence electrons. The smallest absolute Gasteiger partial charge is 0.408 e. The van der Waals surface area contributed by atoms with Crippen LogP contribution in [0.5, 0.6) is 0 Å². The van der Waals surface area contributed by atoms with Crippen LogP contribution < -0.4 is 10.6 Å². The monoisotopic (exact) mass is 884 g/mol. The molecule has 63 heavy (non-hydrogen) atoms. The van der Waals surface area contributed by atoms with E-state index < -0.39 is 34.5 Å². The van der Waals surface area contributed by atoms with Gasteiger partial charge in [0, 0.05) is 37.0 Å². The van der Waals surface area contributed by atoms with Crippen molar-refractivity contribution in [3.8, 4) is 0 Å². The summed E-state index contributed by atoms with van der Waals surface area (Å²) in [5, 5.41) is 5.88. The van der Waals surface area contributed by atoms with E-state index in [-0.39, 0.29) is 36.2 Å². The zero-order valence-corrected chi connectivity index (χ0v) is 43.0. The number of rotatable bonds is 18. The number of carbonyl (C=O) groups excluding carboxylic acids is 4. The lowest BCUT2D eigenvalue weighted by Gasteiger charge is -2.58. The van der Waals surface area contributed by atoms with E-state index in [1.165, 1.54) is 50.5 Å².